The van der Waals surface area contributed by atoms with Crippen LogP contribution in [0, 0.1) is 12.8 Å². The van der Waals surface area contributed by atoms with E-state index in [9.17, 15) is 5.11 Å². The largest absolute Gasteiger partial charge is 0.385 e. The number of aliphatic hydroxyl groups excluding tert-OH is 1. The predicted molar refractivity (Wildman–Crippen MR) is 73.5 cm³/mol. The molecule has 1 fully saturated rings. The van der Waals surface area contributed by atoms with Gasteiger partial charge in [-0.1, -0.05) is 49.6 Å². The Kier molecular flexibility index (Phi) is 4.08. The highest BCUT2D eigenvalue weighted by Gasteiger charge is 2.42. The van der Waals surface area contributed by atoms with Crippen molar-refractivity contribution in [3.05, 3.63) is 35.4 Å². The second-order valence-electron chi connectivity index (χ2n) is 5.78. The van der Waals surface area contributed by atoms with Crippen LogP contribution in [0.25, 0.3) is 0 Å². The van der Waals surface area contributed by atoms with Crippen LogP contribution in [0.5, 0.6) is 0 Å². The summed E-state index contributed by atoms with van der Waals surface area (Å²) in [6.45, 7) is 4.31. The summed E-state index contributed by atoms with van der Waals surface area (Å²) >= 11 is 0. The zero-order valence-electron chi connectivity index (χ0n) is 11.6. The fraction of sp³-hybridized carbons (Fsp3) is 0.625. The van der Waals surface area contributed by atoms with E-state index in [-0.39, 0.29) is 0 Å². The van der Waals surface area contributed by atoms with Crippen molar-refractivity contribution in [2.45, 2.75) is 51.2 Å². The van der Waals surface area contributed by atoms with Crippen molar-refractivity contribution in [1.82, 2.24) is 0 Å². The lowest BCUT2D eigenvalue weighted by atomic mass is 9.74. The molecule has 100 valence electrons. The Hall–Kier alpha value is -0.860. The molecule has 0 radical (unpaired) electrons. The third-order valence-electron chi connectivity index (χ3n) is 4.29. The summed E-state index contributed by atoms with van der Waals surface area (Å²) in [6, 6.07) is 8.13. The van der Waals surface area contributed by atoms with E-state index in [1.807, 2.05) is 24.3 Å². The first-order chi connectivity index (χ1) is 8.57. The second kappa shape index (κ2) is 5.41. The van der Waals surface area contributed by atoms with Gasteiger partial charge in [-0.2, -0.15) is 0 Å². The van der Waals surface area contributed by atoms with Gasteiger partial charge in [0.05, 0.1) is 5.60 Å². The lowest BCUT2D eigenvalue weighted by Crippen LogP contribution is -2.42. The maximum atomic E-state index is 10.7. The van der Waals surface area contributed by atoms with Gasteiger partial charge in [0.25, 0.3) is 0 Å². The Morgan fingerprint density at radius 3 is 2.56 bits per heavy atom. The first-order valence-corrected chi connectivity index (χ1v) is 6.87. The Morgan fingerprint density at radius 1 is 1.33 bits per heavy atom. The second-order valence-corrected chi connectivity index (χ2v) is 5.78. The van der Waals surface area contributed by atoms with Crippen molar-refractivity contribution < 1.29 is 9.84 Å². The lowest BCUT2D eigenvalue weighted by molar-refractivity contribution is -0.134. The van der Waals surface area contributed by atoms with Gasteiger partial charge in [-0.05, 0) is 31.2 Å². The van der Waals surface area contributed by atoms with Crippen molar-refractivity contribution in [3.8, 4) is 0 Å². The molecule has 0 spiro atoms. The third kappa shape index (κ3) is 2.60. The normalized spacial score (nSPS) is 30.1. The van der Waals surface area contributed by atoms with Gasteiger partial charge in [-0.25, -0.2) is 0 Å². The lowest BCUT2D eigenvalue weighted by Gasteiger charge is -2.42. The molecule has 0 aliphatic heterocycles. The quantitative estimate of drug-likeness (QED) is 0.885. The van der Waals surface area contributed by atoms with Crippen LogP contribution in [0.1, 0.15) is 49.8 Å². The van der Waals surface area contributed by atoms with Crippen LogP contribution in [-0.2, 0) is 4.74 Å². The molecule has 2 heteroatoms. The van der Waals surface area contributed by atoms with Gasteiger partial charge >= 0.3 is 0 Å². The van der Waals surface area contributed by atoms with Gasteiger partial charge < -0.3 is 9.84 Å². The number of benzene rings is 1. The zero-order chi connectivity index (χ0) is 13.2. The van der Waals surface area contributed by atoms with Crippen LogP contribution in [-0.4, -0.2) is 17.8 Å². The first-order valence-electron chi connectivity index (χ1n) is 6.87. The summed E-state index contributed by atoms with van der Waals surface area (Å²) in [5, 5.41) is 10.7. The van der Waals surface area contributed by atoms with Crippen molar-refractivity contribution in [1.29, 1.82) is 0 Å². The van der Waals surface area contributed by atoms with E-state index in [4.69, 9.17) is 4.74 Å². The van der Waals surface area contributed by atoms with Crippen molar-refractivity contribution in [2.75, 3.05) is 7.11 Å². The van der Waals surface area contributed by atoms with E-state index in [0.717, 1.165) is 24.8 Å². The van der Waals surface area contributed by atoms with Gasteiger partial charge in [-0.3, -0.25) is 0 Å². The van der Waals surface area contributed by atoms with E-state index in [0.29, 0.717) is 5.92 Å². The molecule has 3 unspecified atom stereocenters. The summed E-state index contributed by atoms with van der Waals surface area (Å²) in [6.07, 6.45) is 3.75. The van der Waals surface area contributed by atoms with Gasteiger partial charge in [-0.15, -0.1) is 0 Å². The number of rotatable bonds is 3. The number of aliphatic hydroxyl groups is 1. The molecule has 1 saturated carbocycles. The summed E-state index contributed by atoms with van der Waals surface area (Å²) in [7, 11) is 1.73. The van der Waals surface area contributed by atoms with E-state index in [1.165, 1.54) is 12.0 Å². The van der Waals surface area contributed by atoms with E-state index >= 15 is 0 Å². The molecule has 1 aliphatic rings. The standard InChI is InChI=1S/C16H24O2/c1-12-6-8-14(9-7-12)15(17)16(18-3)10-4-5-13(2)11-16/h6-9,13,15,17H,4-5,10-11H2,1-3H3. The molecule has 0 saturated heterocycles. The average Bonchev–Trinajstić information content (AvgIpc) is 2.38. The molecule has 1 aromatic carbocycles. The topological polar surface area (TPSA) is 29.5 Å². The summed E-state index contributed by atoms with van der Waals surface area (Å²) in [4.78, 5) is 0. The minimum absolute atomic E-state index is 0.396. The van der Waals surface area contributed by atoms with E-state index in [2.05, 4.69) is 13.8 Å². The predicted octanol–water partition coefficient (Wildman–Crippen LogP) is 3.62. The van der Waals surface area contributed by atoms with E-state index < -0.39 is 11.7 Å². The summed E-state index contributed by atoms with van der Waals surface area (Å²) < 4.78 is 5.75. The molecule has 0 aromatic heterocycles. The molecule has 3 atom stereocenters. The molecule has 0 bridgehead atoms. The highest BCUT2D eigenvalue weighted by atomic mass is 16.5. The molecule has 1 aliphatic carbocycles. The molecule has 1 aromatic rings. The maximum absolute atomic E-state index is 10.7. The highest BCUT2D eigenvalue weighted by Crippen LogP contribution is 2.43. The summed E-state index contributed by atoms with van der Waals surface area (Å²) in [5.74, 6) is 0.624. The number of ether oxygens (including phenoxy) is 1. The van der Waals surface area contributed by atoms with Crippen molar-refractivity contribution >= 4 is 0 Å². The third-order valence-corrected chi connectivity index (χ3v) is 4.29. The Morgan fingerprint density at radius 2 is 2.00 bits per heavy atom. The Bertz CT molecular complexity index is 385. The van der Waals surface area contributed by atoms with Gasteiger partial charge in [0.15, 0.2) is 0 Å². The first kappa shape index (κ1) is 13.6. The Balaban J connectivity index is 2.23. The number of hydrogen-bond acceptors (Lipinski definition) is 2. The highest BCUT2D eigenvalue weighted by molar-refractivity contribution is 5.25. The van der Waals surface area contributed by atoms with Crippen LogP contribution in [0.2, 0.25) is 0 Å². The smallest absolute Gasteiger partial charge is 0.108 e. The van der Waals surface area contributed by atoms with Gasteiger partial charge in [0, 0.05) is 7.11 Å². The van der Waals surface area contributed by atoms with Crippen molar-refractivity contribution in [3.63, 3.8) is 0 Å². The minimum atomic E-state index is -0.522. The molecule has 2 nitrogen and oxygen atoms in total. The van der Waals surface area contributed by atoms with Gasteiger partial charge in [0.2, 0.25) is 0 Å². The average molecular weight is 248 g/mol. The number of methoxy groups -OCH3 is 1. The molecule has 0 amide bonds. The fourth-order valence-electron chi connectivity index (χ4n) is 3.14. The Labute approximate surface area is 110 Å². The fourth-order valence-corrected chi connectivity index (χ4v) is 3.14. The van der Waals surface area contributed by atoms with Crippen LogP contribution < -0.4 is 0 Å². The molecule has 18 heavy (non-hydrogen) atoms. The molecule has 0 heterocycles. The monoisotopic (exact) mass is 248 g/mol. The molecular weight excluding hydrogens is 224 g/mol. The van der Waals surface area contributed by atoms with Crippen LogP contribution in [0.3, 0.4) is 0 Å². The van der Waals surface area contributed by atoms with Crippen LogP contribution >= 0.6 is 0 Å². The maximum Gasteiger partial charge on any atom is 0.108 e. The molecular formula is C16H24O2. The zero-order valence-corrected chi connectivity index (χ0v) is 11.6. The van der Waals surface area contributed by atoms with Crippen LogP contribution in [0.4, 0.5) is 0 Å². The van der Waals surface area contributed by atoms with Crippen LogP contribution in [0.15, 0.2) is 24.3 Å². The number of aryl methyl sites for hydroxylation is 1. The van der Waals surface area contributed by atoms with E-state index in [1.54, 1.807) is 7.11 Å². The number of hydrogen-bond donors (Lipinski definition) is 1. The SMILES string of the molecule is COC1(C(O)c2ccc(C)cc2)CCCC(C)C1. The van der Waals surface area contributed by atoms with Crippen molar-refractivity contribution in [2.24, 2.45) is 5.92 Å². The van der Waals surface area contributed by atoms with Gasteiger partial charge in [0.1, 0.15) is 6.10 Å². The summed E-state index contributed by atoms with van der Waals surface area (Å²) in [5.41, 5.74) is 1.79. The molecule has 2 rings (SSSR count). The molecule has 1 N–H and O–H groups in total. The minimum Gasteiger partial charge on any atom is -0.385 e.